The van der Waals surface area contributed by atoms with E-state index in [2.05, 4.69) is 77.3 Å². The first-order valence-electron chi connectivity index (χ1n) is 25.3. The number of nitrogens with two attached hydrogens (primary N) is 2. The van der Waals surface area contributed by atoms with Crippen molar-refractivity contribution in [1.29, 1.82) is 15.8 Å². The molecule has 416 valence electrons. The van der Waals surface area contributed by atoms with Crippen LogP contribution in [0.25, 0.3) is 67.9 Å². The van der Waals surface area contributed by atoms with Gasteiger partial charge in [0, 0.05) is 105 Å². The number of nitrogens with zero attached hydrogens (tertiary/aromatic N) is 11. The highest BCUT2D eigenvalue weighted by atomic mass is 35.5. The Labute approximate surface area is 474 Å². The van der Waals surface area contributed by atoms with Crippen LogP contribution in [0.5, 0.6) is 0 Å². The van der Waals surface area contributed by atoms with Gasteiger partial charge in [0.05, 0.1) is 64.2 Å². The second-order valence-corrected chi connectivity index (χ2v) is 19.6. The normalized spacial score (nSPS) is 13.4. The number of aromatic nitrogens is 8. The number of nitriles is 3. The average Bonchev–Trinajstić information content (AvgIpc) is 4.19. The van der Waals surface area contributed by atoms with Gasteiger partial charge in [-0.2, -0.15) is 15.8 Å². The second-order valence-electron chi connectivity index (χ2n) is 19.6. The first-order valence-corrected chi connectivity index (χ1v) is 25.3. The van der Waals surface area contributed by atoms with Crippen LogP contribution in [0.3, 0.4) is 0 Å². The van der Waals surface area contributed by atoms with Crippen molar-refractivity contribution >= 4 is 24.0 Å². The van der Waals surface area contributed by atoms with Crippen molar-refractivity contribution in [2.75, 3.05) is 37.9 Å². The second kappa shape index (κ2) is 28.9. The van der Waals surface area contributed by atoms with Crippen molar-refractivity contribution in [1.82, 2.24) is 50.9 Å². The Morgan fingerprint density at radius 2 is 0.900 bits per heavy atom. The molecule has 2 saturated heterocycles. The summed E-state index contributed by atoms with van der Waals surface area (Å²) in [5, 5.41) is 41.9. The number of halogens is 1. The number of anilines is 2. The van der Waals surface area contributed by atoms with Crippen LogP contribution in [0, 0.1) is 34.0 Å². The Morgan fingerprint density at radius 3 is 1.25 bits per heavy atom. The topological polar surface area (TPSA) is 295 Å². The molecule has 0 bridgehead atoms. The van der Waals surface area contributed by atoms with Crippen LogP contribution in [0.4, 0.5) is 11.6 Å². The summed E-state index contributed by atoms with van der Waals surface area (Å²) in [4.78, 5) is 26.8. The lowest BCUT2D eigenvalue weighted by molar-refractivity contribution is 0.0775. The van der Waals surface area contributed by atoms with E-state index in [1.807, 2.05) is 88.4 Å². The van der Waals surface area contributed by atoms with Crippen molar-refractivity contribution in [3.63, 3.8) is 0 Å². The number of benzene rings is 2. The molecule has 0 amide bonds. The fourth-order valence-electron chi connectivity index (χ4n) is 8.38. The third-order valence-corrected chi connectivity index (χ3v) is 13.2. The molecule has 8 aromatic rings. The first kappa shape index (κ1) is 62.4. The fourth-order valence-corrected chi connectivity index (χ4v) is 8.38. The van der Waals surface area contributed by atoms with E-state index in [9.17, 15) is 10.5 Å². The molecule has 2 aromatic carbocycles. The molecule has 0 spiro atoms. The van der Waals surface area contributed by atoms with Gasteiger partial charge in [-0.05, 0) is 88.8 Å². The Morgan fingerprint density at radius 1 is 0.537 bits per heavy atom. The smallest absolute Gasteiger partial charge is 0.189 e. The largest absolute Gasteiger partial charge is 0.382 e. The van der Waals surface area contributed by atoms with Crippen LogP contribution < -0.4 is 22.1 Å². The molecule has 0 saturated carbocycles. The Hall–Kier alpha value is -8.48. The lowest BCUT2D eigenvalue weighted by Crippen LogP contribution is -2.34. The molecule has 6 N–H and O–H groups in total. The molecule has 2 aliphatic rings. The van der Waals surface area contributed by atoms with Gasteiger partial charge in [-0.1, -0.05) is 73.7 Å². The van der Waals surface area contributed by atoms with Gasteiger partial charge in [0.1, 0.15) is 11.4 Å². The number of nitrogen functional groups attached to an aromatic ring is 2. The lowest BCUT2D eigenvalue weighted by Gasteiger charge is -2.23. The highest BCUT2D eigenvalue weighted by Gasteiger charge is 2.25. The van der Waals surface area contributed by atoms with Crippen molar-refractivity contribution in [2.24, 2.45) is 0 Å². The molecule has 6 aromatic heterocycles. The summed E-state index contributed by atoms with van der Waals surface area (Å²) >= 11 is 0. The monoisotopic (exact) mass is 1100 g/mol. The van der Waals surface area contributed by atoms with Crippen molar-refractivity contribution in [2.45, 2.75) is 111 Å². The summed E-state index contributed by atoms with van der Waals surface area (Å²) in [5.74, 6) is 1.35. The maximum Gasteiger partial charge on any atom is 0.189 e. The number of ether oxygens (including phenoxy) is 2. The van der Waals surface area contributed by atoms with Gasteiger partial charge in [-0.3, -0.25) is 9.97 Å². The minimum absolute atomic E-state index is 0. The summed E-state index contributed by atoms with van der Waals surface area (Å²) in [6, 6.07) is 34.8. The van der Waals surface area contributed by atoms with E-state index in [0.717, 1.165) is 87.5 Å². The van der Waals surface area contributed by atoms with Crippen LogP contribution in [0.2, 0.25) is 0 Å². The molecule has 2 fully saturated rings. The quantitative estimate of drug-likeness (QED) is 0.0786. The van der Waals surface area contributed by atoms with Crippen LogP contribution in [0.15, 0.2) is 119 Å². The van der Waals surface area contributed by atoms with Gasteiger partial charge in [-0.25, -0.2) is 19.9 Å². The van der Waals surface area contributed by atoms with Crippen molar-refractivity contribution in [3.05, 3.63) is 132 Å². The predicted molar refractivity (Wildman–Crippen MR) is 312 cm³/mol. The van der Waals surface area contributed by atoms with Crippen molar-refractivity contribution < 1.29 is 18.5 Å². The summed E-state index contributed by atoms with van der Waals surface area (Å²) in [6.07, 6.45) is 10.7. The summed E-state index contributed by atoms with van der Waals surface area (Å²) < 4.78 is 22.1. The molecule has 0 unspecified atom stereocenters. The average molecular weight is 1100 g/mol. The van der Waals surface area contributed by atoms with Crippen molar-refractivity contribution in [3.8, 4) is 86.1 Å². The fraction of sp³-hybridized carbons (Fsp3) is 0.350. The van der Waals surface area contributed by atoms with Gasteiger partial charge >= 0.3 is 0 Å². The van der Waals surface area contributed by atoms with Gasteiger partial charge in [0.15, 0.2) is 34.5 Å². The lowest BCUT2D eigenvalue weighted by atomic mass is 9.90. The molecule has 0 aliphatic carbocycles. The summed E-state index contributed by atoms with van der Waals surface area (Å²) in [7, 11) is 0. The van der Waals surface area contributed by atoms with Crippen LogP contribution in [-0.4, -0.2) is 78.7 Å². The predicted octanol–water partition coefficient (Wildman–Crippen LogP) is 11.2. The number of nitrogens with one attached hydrogen (secondary N) is 2. The van der Waals surface area contributed by atoms with Gasteiger partial charge in [0.2, 0.25) is 0 Å². The van der Waals surface area contributed by atoms with E-state index in [-0.39, 0.29) is 38.9 Å². The molecular weight excluding hydrogens is 1030 g/mol. The van der Waals surface area contributed by atoms with E-state index < -0.39 is 10.8 Å². The summed E-state index contributed by atoms with van der Waals surface area (Å²) in [5.41, 5.74) is 21.4. The van der Waals surface area contributed by atoms with E-state index >= 15 is 0 Å². The Bertz CT molecular complexity index is 3170. The standard InChI is InChI=1S/2C28H29N7O2.C2H3N.2CH4.ClH/c2*1-28(2,17-29)25-13-20(7-10-31-25)23-16-33-27(30)26(34-23)24-14-22(35-37-24)19-5-3-18(4-6-19)15-32-21-8-11-36-12-9-21;1-2-3;;;/h2*3-7,10,13-14,16,21,32H,8-9,11-12,15H2,1-2H3,(H2,30,33);1H3;2*1H4;1H. The zero-order chi connectivity index (χ0) is 54.4. The van der Waals surface area contributed by atoms with Gasteiger partial charge in [0.25, 0.3) is 0 Å². The molecule has 2 aliphatic heterocycles. The third kappa shape index (κ3) is 15.8. The number of pyridine rings is 2. The van der Waals surface area contributed by atoms with Gasteiger partial charge in [-0.15, -0.1) is 12.4 Å². The van der Waals surface area contributed by atoms with E-state index in [4.69, 9.17) is 45.2 Å². The zero-order valence-electron chi connectivity index (χ0n) is 44.2. The van der Waals surface area contributed by atoms with Crippen LogP contribution in [0.1, 0.15) is 97.7 Å². The SMILES string of the molecule is C.C.CC#N.CC(C)(C#N)c1cc(-c2cnc(N)c(-c3cc(-c4ccc(CNC5CCOCC5)cc4)no3)n2)ccn1.CC(C)(C#N)c1cc(-c2cnc(N)c(-c3cc(-c4ccc(CNC5CCOCC5)cc4)no3)n2)ccn1.Cl. The molecule has 20 heteroatoms. The molecule has 19 nitrogen and oxygen atoms in total. The molecule has 8 heterocycles. The number of hydrogen-bond donors (Lipinski definition) is 4. The minimum atomic E-state index is -0.726. The molecular formula is C60H70ClN15O4. The summed E-state index contributed by atoms with van der Waals surface area (Å²) in [6.45, 7) is 13.7. The Kier molecular flexibility index (Phi) is 22.6. The highest BCUT2D eigenvalue weighted by Crippen LogP contribution is 2.33. The molecule has 0 atom stereocenters. The van der Waals surface area contributed by atoms with E-state index in [1.54, 1.807) is 30.9 Å². The maximum atomic E-state index is 9.47. The Balaban J connectivity index is 0.000000271. The van der Waals surface area contributed by atoms with Crippen LogP contribution >= 0.6 is 12.4 Å². The number of rotatable bonds is 14. The van der Waals surface area contributed by atoms with E-state index in [0.29, 0.717) is 69.2 Å². The first-order chi connectivity index (χ1) is 37.3. The molecule has 10 rings (SSSR count). The molecule has 80 heavy (non-hydrogen) atoms. The molecule has 0 radical (unpaired) electrons. The van der Waals surface area contributed by atoms with Gasteiger partial charge < -0.3 is 40.6 Å². The highest BCUT2D eigenvalue weighted by molar-refractivity contribution is 5.85. The number of hydrogen-bond acceptors (Lipinski definition) is 19. The van der Waals surface area contributed by atoms with E-state index in [1.165, 1.54) is 18.1 Å². The van der Waals surface area contributed by atoms with Crippen LogP contribution in [-0.2, 0) is 33.4 Å². The maximum absolute atomic E-state index is 9.47. The minimum Gasteiger partial charge on any atom is -0.382 e. The zero-order valence-corrected chi connectivity index (χ0v) is 45.0. The third-order valence-electron chi connectivity index (χ3n) is 13.2.